The molecule has 19 heavy (non-hydrogen) atoms. The summed E-state index contributed by atoms with van der Waals surface area (Å²) in [6, 6.07) is 13.2. The maximum atomic E-state index is 4.17. The van der Waals surface area contributed by atoms with Gasteiger partial charge in [-0.2, -0.15) is 0 Å². The molecule has 0 fully saturated rings. The van der Waals surface area contributed by atoms with Gasteiger partial charge in [0.15, 0.2) is 0 Å². The van der Waals surface area contributed by atoms with E-state index < -0.39 is 0 Å². The van der Waals surface area contributed by atoms with E-state index in [1.165, 1.54) is 16.7 Å². The van der Waals surface area contributed by atoms with Crippen LogP contribution in [0.1, 0.15) is 36.1 Å². The summed E-state index contributed by atoms with van der Waals surface area (Å²) in [7, 11) is 0. The number of aryl methyl sites for hydroxylation is 1. The molecule has 1 unspecified atom stereocenters. The Balaban J connectivity index is 2.17. The molecule has 0 aliphatic carbocycles. The van der Waals surface area contributed by atoms with Crippen molar-refractivity contribution in [2.45, 2.75) is 32.7 Å². The zero-order chi connectivity index (χ0) is 13.5. The minimum atomic E-state index is 0.377. The molecule has 0 radical (unpaired) electrons. The minimum absolute atomic E-state index is 0.377. The number of nitrogens with zero attached hydrogens (tertiary/aromatic N) is 1. The number of aromatic nitrogens is 1. The first-order chi connectivity index (χ1) is 9.31. The lowest BCUT2D eigenvalue weighted by molar-refractivity contribution is 0.528. The van der Waals surface area contributed by atoms with Crippen molar-refractivity contribution in [1.82, 2.24) is 10.3 Å². The van der Waals surface area contributed by atoms with Gasteiger partial charge in [-0.3, -0.25) is 4.98 Å². The number of rotatable bonds is 6. The summed E-state index contributed by atoms with van der Waals surface area (Å²) in [5.74, 6) is 0. The molecule has 2 aromatic rings. The number of hydrogen-bond donors (Lipinski definition) is 1. The molecule has 1 heterocycles. The Kier molecular flexibility index (Phi) is 5.10. The number of nitrogens with one attached hydrogen (secondary N) is 1. The molecule has 0 aliphatic heterocycles. The van der Waals surface area contributed by atoms with Crippen molar-refractivity contribution in [2.24, 2.45) is 0 Å². The van der Waals surface area contributed by atoms with E-state index in [0.29, 0.717) is 6.04 Å². The van der Waals surface area contributed by atoms with Crippen molar-refractivity contribution in [1.29, 1.82) is 0 Å². The molecule has 0 amide bonds. The largest absolute Gasteiger partial charge is 0.310 e. The van der Waals surface area contributed by atoms with Crippen molar-refractivity contribution in [3.05, 3.63) is 65.5 Å². The van der Waals surface area contributed by atoms with Crippen LogP contribution in [0.2, 0.25) is 0 Å². The third-order valence-electron chi connectivity index (χ3n) is 3.40. The average molecular weight is 254 g/mol. The second-order valence-electron chi connectivity index (χ2n) is 4.92. The van der Waals surface area contributed by atoms with Crippen molar-refractivity contribution in [3.63, 3.8) is 0 Å². The fourth-order valence-electron chi connectivity index (χ4n) is 2.26. The first kappa shape index (κ1) is 13.8. The van der Waals surface area contributed by atoms with Gasteiger partial charge in [0.05, 0.1) is 0 Å². The van der Waals surface area contributed by atoms with E-state index in [2.05, 4.69) is 60.5 Å². The van der Waals surface area contributed by atoms with Crippen LogP contribution in [-0.2, 0) is 6.42 Å². The van der Waals surface area contributed by atoms with Crippen LogP contribution in [0.3, 0.4) is 0 Å². The quantitative estimate of drug-likeness (QED) is 0.850. The molecule has 2 nitrogen and oxygen atoms in total. The molecule has 1 N–H and O–H groups in total. The zero-order valence-electron chi connectivity index (χ0n) is 11.8. The molecule has 1 atom stereocenters. The second-order valence-corrected chi connectivity index (χ2v) is 4.92. The minimum Gasteiger partial charge on any atom is -0.310 e. The summed E-state index contributed by atoms with van der Waals surface area (Å²) in [6.07, 6.45) is 5.98. The Bertz CT molecular complexity index is 494. The topological polar surface area (TPSA) is 24.9 Å². The smallest absolute Gasteiger partial charge is 0.0360 e. The zero-order valence-corrected chi connectivity index (χ0v) is 11.8. The van der Waals surface area contributed by atoms with Crippen LogP contribution in [-0.4, -0.2) is 11.5 Å². The van der Waals surface area contributed by atoms with Crippen molar-refractivity contribution in [3.8, 4) is 0 Å². The van der Waals surface area contributed by atoms with Gasteiger partial charge in [0.25, 0.3) is 0 Å². The van der Waals surface area contributed by atoms with E-state index >= 15 is 0 Å². The fourth-order valence-corrected chi connectivity index (χ4v) is 2.26. The van der Waals surface area contributed by atoms with Crippen molar-refractivity contribution in [2.75, 3.05) is 6.54 Å². The number of pyridine rings is 1. The highest BCUT2D eigenvalue weighted by Crippen LogP contribution is 2.19. The van der Waals surface area contributed by atoms with Crippen LogP contribution < -0.4 is 5.32 Å². The lowest BCUT2D eigenvalue weighted by atomic mass is 9.97. The summed E-state index contributed by atoms with van der Waals surface area (Å²) in [6.45, 7) is 5.38. The van der Waals surface area contributed by atoms with Gasteiger partial charge in [-0.1, -0.05) is 37.3 Å². The predicted octanol–water partition coefficient (Wildman–Crippen LogP) is 3.67. The standard InChI is InChI=1S/C17H22N2/c1-3-10-19-17(15-7-5-4-6-8-15)12-16-9-11-18-13-14(16)2/h4-9,11,13,17,19H,3,10,12H2,1-2H3. The molecular weight excluding hydrogens is 232 g/mol. The highest BCUT2D eigenvalue weighted by Gasteiger charge is 2.12. The molecule has 0 saturated carbocycles. The van der Waals surface area contributed by atoms with Gasteiger partial charge in [-0.15, -0.1) is 0 Å². The molecule has 1 aromatic carbocycles. The predicted molar refractivity (Wildman–Crippen MR) is 80.2 cm³/mol. The third-order valence-corrected chi connectivity index (χ3v) is 3.40. The Labute approximate surface area is 115 Å². The molecule has 0 aliphatic rings. The summed E-state index contributed by atoms with van der Waals surface area (Å²) >= 11 is 0. The molecular formula is C17H22N2. The van der Waals surface area contributed by atoms with Crippen molar-refractivity contribution >= 4 is 0 Å². The number of benzene rings is 1. The van der Waals surface area contributed by atoms with Crippen LogP contribution in [0.4, 0.5) is 0 Å². The van der Waals surface area contributed by atoms with E-state index in [-0.39, 0.29) is 0 Å². The first-order valence-corrected chi connectivity index (χ1v) is 6.99. The van der Waals surface area contributed by atoms with E-state index in [4.69, 9.17) is 0 Å². The summed E-state index contributed by atoms with van der Waals surface area (Å²) in [4.78, 5) is 4.17. The third kappa shape index (κ3) is 3.90. The molecule has 2 heteroatoms. The SMILES string of the molecule is CCCNC(Cc1ccncc1C)c1ccccc1. The van der Waals surface area contributed by atoms with Gasteiger partial charge in [0.1, 0.15) is 0 Å². The molecule has 0 spiro atoms. The molecule has 100 valence electrons. The molecule has 1 aromatic heterocycles. The molecule has 0 saturated heterocycles. The van der Waals surface area contributed by atoms with Gasteiger partial charge >= 0.3 is 0 Å². The monoisotopic (exact) mass is 254 g/mol. The summed E-state index contributed by atoms with van der Waals surface area (Å²) in [5.41, 5.74) is 3.99. The maximum Gasteiger partial charge on any atom is 0.0360 e. The lowest BCUT2D eigenvalue weighted by Gasteiger charge is -2.20. The second kappa shape index (κ2) is 7.05. The average Bonchev–Trinajstić information content (AvgIpc) is 2.46. The van der Waals surface area contributed by atoms with Crippen LogP contribution in [0.25, 0.3) is 0 Å². The van der Waals surface area contributed by atoms with Crippen molar-refractivity contribution < 1.29 is 0 Å². The molecule has 0 bridgehead atoms. The van der Waals surface area contributed by atoms with Crippen LogP contribution >= 0.6 is 0 Å². The van der Waals surface area contributed by atoms with E-state index in [1.807, 2.05) is 12.4 Å². The van der Waals surface area contributed by atoms with Gasteiger partial charge in [-0.05, 0) is 49.1 Å². The summed E-state index contributed by atoms with van der Waals surface area (Å²) in [5, 5.41) is 3.64. The van der Waals surface area contributed by atoms with Crippen LogP contribution in [0.15, 0.2) is 48.8 Å². The maximum absolute atomic E-state index is 4.17. The van der Waals surface area contributed by atoms with Gasteiger partial charge in [0, 0.05) is 18.4 Å². The Morgan fingerprint density at radius 2 is 1.95 bits per heavy atom. The highest BCUT2D eigenvalue weighted by atomic mass is 14.9. The van der Waals surface area contributed by atoms with E-state index in [9.17, 15) is 0 Å². The Morgan fingerprint density at radius 1 is 1.16 bits per heavy atom. The van der Waals surface area contributed by atoms with E-state index in [0.717, 1.165) is 19.4 Å². The Morgan fingerprint density at radius 3 is 2.63 bits per heavy atom. The van der Waals surface area contributed by atoms with Crippen LogP contribution in [0.5, 0.6) is 0 Å². The van der Waals surface area contributed by atoms with Gasteiger partial charge in [-0.25, -0.2) is 0 Å². The van der Waals surface area contributed by atoms with Gasteiger partial charge in [0.2, 0.25) is 0 Å². The highest BCUT2D eigenvalue weighted by molar-refractivity contribution is 5.27. The van der Waals surface area contributed by atoms with E-state index in [1.54, 1.807) is 0 Å². The fraction of sp³-hybridized carbons (Fsp3) is 0.353. The normalized spacial score (nSPS) is 12.3. The lowest BCUT2D eigenvalue weighted by Crippen LogP contribution is -2.24. The van der Waals surface area contributed by atoms with Crippen LogP contribution in [0, 0.1) is 6.92 Å². The number of hydrogen-bond acceptors (Lipinski definition) is 2. The first-order valence-electron chi connectivity index (χ1n) is 6.99. The van der Waals surface area contributed by atoms with Gasteiger partial charge < -0.3 is 5.32 Å². The Hall–Kier alpha value is -1.67. The molecule has 2 rings (SSSR count). The summed E-state index contributed by atoms with van der Waals surface area (Å²) < 4.78 is 0.